The standard InChI is InChI=1S/C12H11NOS/c1-14-10-4-2-9(3-5-10)12-8-11(15)6-7-13-12/h2-8H,1H3,(H,13,15). The molecule has 0 radical (unpaired) electrons. The lowest BCUT2D eigenvalue weighted by atomic mass is 10.1. The van der Waals surface area contributed by atoms with Gasteiger partial charge in [0, 0.05) is 16.4 Å². The van der Waals surface area contributed by atoms with E-state index >= 15 is 0 Å². The van der Waals surface area contributed by atoms with Crippen LogP contribution in [0.5, 0.6) is 5.75 Å². The Hall–Kier alpha value is -1.61. The number of hydrogen-bond acceptors (Lipinski definition) is 2. The molecule has 15 heavy (non-hydrogen) atoms. The van der Waals surface area contributed by atoms with Crippen molar-refractivity contribution in [2.75, 3.05) is 7.11 Å². The summed E-state index contributed by atoms with van der Waals surface area (Å²) in [6.07, 6.45) is 1.85. The third kappa shape index (κ3) is 2.25. The minimum absolute atomic E-state index is 0.833. The lowest BCUT2D eigenvalue weighted by molar-refractivity contribution is 0.415. The average Bonchev–Trinajstić information content (AvgIpc) is 2.29. The first-order chi connectivity index (χ1) is 7.29. The number of nitrogens with one attached hydrogen (secondary N) is 1. The number of rotatable bonds is 2. The molecule has 0 saturated carbocycles. The largest absolute Gasteiger partial charge is 0.497 e. The first-order valence-electron chi connectivity index (χ1n) is 4.63. The topological polar surface area (TPSA) is 25.0 Å². The van der Waals surface area contributed by atoms with Gasteiger partial charge >= 0.3 is 0 Å². The van der Waals surface area contributed by atoms with Gasteiger partial charge in [-0.25, -0.2) is 0 Å². The van der Waals surface area contributed by atoms with Gasteiger partial charge in [-0.2, -0.15) is 0 Å². The van der Waals surface area contributed by atoms with Crippen LogP contribution in [0.2, 0.25) is 0 Å². The van der Waals surface area contributed by atoms with Crippen molar-refractivity contribution in [3.63, 3.8) is 0 Å². The summed E-state index contributed by atoms with van der Waals surface area (Å²) < 4.78 is 5.93. The highest BCUT2D eigenvalue weighted by Crippen LogP contribution is 2.20. The Bertz CT molecular complexity index is 502. The van der Waals surface area contributed by atoms with Crippen LogP contribution in [0.3, 0.4) is 0 Å². The van der Waals surface area contributed by atoms with Gasteiger partial charge in [0.2, 0.25) is 0 Å². The van der Waals surface area contributed by atoms with Gasteiger partial charge in [0.25, 0.3) is 0 Å². The van der Waals surface area contributed by atoms with Crippen molar-refractivity contribution >= 4 is 12.2 Å². The van der Waals surface area contributed by atoms with E-state index in [2.05, 4.69) is 4.98 Å². The summed E-state index contributed by atoms with van der Waals surface area (Å²) >= 11 is 5.10. The maximum atomic E-state index is 5.10. The molecule has 1 N–H and O–H groups in total. The van der Waals surface area contributed by atoms with E-state index in [0.717, 1.165) is 21.5 Å². The molecule has 0 bridgehead atoms. The van der Waals surface area contributed by atoms with E-state index < -0.39 is 0 Å². The molecule has 0 spiro atoms. The van der Waals surface area contributed by atoms with Crippen molar-refractivity contribution in [3.05, 3.63) is 47.1 Å². The van der Waals surface area contributed by atoms with Crippen LogP contribution in [-0.4, -0.2) is 12.1 Å². The zero-order valence-corrected chi connectivity index (χ0v) is 9.17. The molecule has 0 aliphatic heterocycles. The molecule has 1 aromatic heterocycles. The van der Waals surface area contributed by atoms with Crippen LogP contribution in [0, 0.1) is 4.51 Å². The van der Waals surface area contributed by atoms with Gasteiger partial charge in [0.05, 0.1) is 7.11 Å². The van der Waals surface area contributed by atoms with Crippen molar-refractivity contribution < 1.29 is 4.74 Å². The number of ether oxygens (including phenoxy) is 1. The van der Waals surface area contributed by atoms with E-state index in [-0.39, 0.29) is 0 Å². The van der Waals surface area contributed by atoms with Crippen LogP contribution in [0.25, 0.3) is 11.3 Å². The fourth-order valence-electron chi connectivity index (χ4n) is 1.38. The Morgan fingerprint density at radius 1 is 1.13 bits per heavy atom. The Balaban J connectivity index is 2.41. The van der Waals surface area contributed by atoms with Gasteiger partial charge in [-0.3, -0.25) is 0 Å². The molecule has 0 aliphatic carbocycles. The Labute approximate surface area is 93.5 Å². The maximum absolute atomic E-state index is 5.10. The first kappa shape index (κ1) is 9.93. The van der Waals surface area contributed by atoms with E-state index in [9.17, 15) is 0 Å². The molecule has 0 fully saturated rings. The highest BCUT2D eigenvalue weighted by molar-refractivity contribution is 7.71. The van der Waals surface area contributed by atoms with Gasteiger partial charge in [-0.1, -0.05) is 12.2 Å². The summed E-state index contributed by atoms with van der Waals surface area (Å²) in [5, 5.41) is 0. The third-order valence-corrected chi connectivity index (χ3v) is 2.43. The molecule has 1 heterocycles. The molecule has 2 nitrogen and oxygen atoms in total. The molecular formula is C12H11NOS. The summed E-state index contributed by atoms with van der Waals surface area (Å²) in [7, 11) is 1.66. The quantitative estimate of drug-likeness (QED) is 0.780. The van der Waals surface area contributed by atoms with Crippen LogP contribution >= 0.6 is 12.2 Å². The molecule has 76 valence electrons. The predicted molar refractivity (Wildman–Crippen MR) is 63.6 cm³/mol. The molecule has 2 aromatic rings. The minimum atomic E-state index is 0.833. The van der Waals surface area contributed by atoms with Gasteiger partial charge in [0.1, 0.15) is 5.75 Å². The van der Waals surface area contributed by atoms with Crippen molar-refractivity contribution in [1.29, 1.82) is 0 Å². The number of aromatic nitrogens is 1. The molecule has 0 unspecified atom stereocenters. The highest BCUT2D eigenvalue weighted by Gasteiger charge is 1.97. The summed E-state index contributed by atoms with van der Waals surface area (Å²) in [5.41, 5.74) is 2.12. The molecule has 3 heteroatoms. The summed E-state index contributed by atoms with van der Waals surface area (Å²) in [5.74, 6) is 0.855. The molecule has 0 amide bonds. The van der Waals surface area contributed by atoms with Gasteiger partial charge < -0.3 is 9.72 Å². The lowest BCUT2D eigenvalue weighted by Gasteiger charge is -2.03. The second-order valence-electron chi connectivity index (χ2n) is 3.17. The summed E-state index contributed by atoms with van der Waals surface area (Å²) in [4.78, 5) is 3.16. The zero-order valence-electron chi connectivity index (χ0n) is 8.36. The SMILES string of the molecule is COc1ccc(-c2cc(=S)cc[nH]2)cc1. The maximum Gasteiger partial charge on any atom is 0.118 e. The van der Waals surface area contributed by atoms with E-state index in [4.69, 9.17) is 17.0 Å². The van der Waals surface area contributed by atoms with Gasteiger partial charge in [0.15, 0.2) is 0 Å². The minimum Gasteiger partial charge on any atom is -0.497 e. The Morgan fingerprint density at radius 3 is 2.47 bits per heavy atom. The van der Waals surface area contributed by atoms with E-state index in [1.165, 1.54) is 0 Å². The van der Waals surface area contributed by atoms with Crippen LogP contribution in [0.1, 0.15) is 0 Å². The molecule has 2 rings (SSSR count). The first-order valence-corrected chi connectivity index (χ1v) is 5.03. The Morgan fingerprint density at radius 2 is 1.87 bits per heavy atom. The zero-order chi connectivity index (χ0) is 10.7. The third-order valence-electron chi connectivity index (χ3n) is 2.17. The van der Waals surface area contributed by atoms with Gasteiger partial charge in [-0.15, -0.1) is 0 Å². The lowest BCUT2D eigenvalue weighted by Crippen LogP contribution is -1.84. The molecular weight excluding hydrogens is 206 g/mol. The van der Waals surface area contributed by atoms with Crippen LogP contribution in [0.4, 0.5) is 0 Å². The summed E-state index contributed by atoms with van der Waals surface area (Å²) in [6, 6.07) is 11.7. The summed E-state index contributed by atoms with van der Waals surface area (Å²) in [6.45, 7) is 0. The normalized spacial score (nSPS) is 9.93. The molecule has 0 aliphatic rings. The Kier molecular flexibility index (Phi) is 2.83. The monoisotopic (exact) mass is 217 g/mol. The number of methoxy groups -OCH3 is 1. The van der Waals surface area contributed by atoms with Gasteiger partial charge in [-0.05, 0) is 42.0 Å². The van der Waals surface area contributed by atoms with Crippen molar-refractivity contribution in [2.45, 2.75) is 0 Å². The molecule has 0 atom stereocenters. The van der Waals surface area contributed by atoms with E-state index in [1.807, 2.05) is 42.6 Å². The number of H-pyrrole nitrogens is 1. The fraction of sp³-hybridized carbons (Fsp3) is 0.0833. The van der Waals surface area contributed by atoms with Crippen molar-refractivity contribution in [2.24, 2.45) is 0 Å². The molecule has 0 saturated heterocycles. The van der Waals surface area contributed by atoms with Crippen LogP contribution in [-0.2, 0) is 0 Å². The van der Waals surface area contributed by atoms with Crippen molar-refractivity contribution in [1.82, 2.24) is 4.98 Å². The average molecular weight is 217 g/mol. The number of hydrogen-bond donors (Lipinski definition) is 1. The predicted octanol–water partition coefficient (Wildman–Crippen LogP) is 3.42. The van der Waals surface area contributed by atoms with Crippen molar-refractivity contribution in [3.8, 4) is 17.0 Å². The van der Waals surface area contributed by atoms with Crippen LogP contribution < -0.4 is 4.74 Å². The second kappa shape index (κ2) is 4.28. The number of pyridine rings is 1. The number of benzene rings is 1. The fourth-order valence-corrected chi connectivity index (χ4v) is 1.57. The van der Waals surface area contributed by atoms with E-state index in [1.54, 1.807) is 7.11 Å². The highest BCUT2D eigenvalue weighted by atomic mass is 32.1. The molecule has 1 aromatic carbocycles. The van der Waals surface area contributed by atoms with Crippen LogP contribution in [0.15, 0.2) is 42.6 Å². The van der Waals surface area contributed by atoms with E-state index in [0.29, 0.717) is 0 Å². The second-order valence-corrected chi connectivity index (χ2v) is 3.64. The number of aromatic amines is 1. The smallest absolute Gasteiger partial charge is 0.118 e.